The molecular formula is C20H34IN3O2S. The topological polar surface area (TPSA) is 46.1 Å². The summed E-state index contributed by atoms with van der Waals surface area (Å²) in [5.74, 6) is 2.18. The summed E-state index contributed by atoms with van der Waals surface area (Å²) in [6.45, 7) is 9.82. The highest BCUT2D eigenvalue weighted by molar-refractivity contribution is 14.0. The van der Waals surface area contributed by atoms with Crippen LogP contribution in [0.25, 0.3) is 0 Å². The van der Waals surface area contributed by atoms with Crippen LogP contribution >= 0.6 is 35.7 Å². The van der Waals surface area contributed by atoms with Gasteiger partial charge in [0.15, 0.2) is 5.96 Å². The van der Waals surface area contributed by atoms with E-state index < -0.39 is 0 Å². The maximum absolute atomic E-state index is 5.66. The van der Waals surface area contributed by atoms with Crippen LogP contribution in [0.1, 0.15) is 31.4 Å². The molecule has 7 heteroatoms. The Morgan fingerprint density at radius 3 is 2.78 bits per heavy atom. The van der Waals surface area contributed by atoms with Gasteiger partial charge in [-0.05, 0) is 24.5 Å². The van der Waals surface area contributed by atoms with Crippen molar-refractivity contribution in [2.24, 2.45) is 4.99 Å². The number of guanidine groups is 1. The first-order chi connectivity index (χ1) is 12.8. The van der Waals surface area contributed by atoms with Crippen molar-refractivity contribution in [2.45, 2.75) is 38.7 Å². The van der Waals surface area contributed by atoms with E-state index in [9.17, 15) is 0 Å². The predicted molar refractivity (Wildman–Crippen MR) is 126 cm³/mol. The zero-order valence-corrected chi connectivity index (χ0v) is 19.9. The van der Waals surface area contributed by atoms with Gasteiger partial charge in [-0.15, -0.1) is 24.0 Å². The molecule has 1 saturated heterocycles. The summed E-state index contributed by atoms with van der Waals surface area (Å²) in [4.78, 5) is 6.86. The summed E-state index contributed by atoms with van der Waals surface area (Å²) >= 11 is 2.08. The number of ether oxygens (including phenoxy) is 2. The maximum atomic E-state index is 5.66. The monoisotopic (exact) mass is 507 g/mol. The normalized spacial score (nSPS) is 17.5. The van der Waals surface area contributed by atoms with Gasteiger partial charge in [0.25, 0.3) is 0 Å². The van der Waals surface area contributed by atoms with Crippen molar-refractivity contribution in [1.82, 2.24) is 10.2 Å². The lowest BCUT2D eigenvalue weighted by molar-refractivity contribution is 0.0453. The minimum atomic E-state index is 0. The summed E-state index contributed by atoms with van der Waals surface area (Å²) < 4.78 is 11.0. The highest BCUT2D eigenvalue weighted by atomic mass is 127. The van der Waals surface area contributed by atoms with Crippen molar-refractivity contribution in [1.29, 1.82) is 0 Å². The molecule has 27 heavy (non-hydrogen) atoms. The third-order valence-electron chi connectivity index (χ3n) is 4.39. The van der Waals surface area contributed by atoms with Crippen molar-refractivity contribution < 1.29 is 9.47 Å². The zero-order valence-electron chi connectivity index (χ0n) is 16.8. The number of hydrogen-bond donors (Lipinski definition) is 1. The molecule has 0 bridgehead atoms. The second kappa shape index (κ2) is 14.5. The highest BCUT2D eigenvalue weighted by Gasteiger charge is 2.21. The minimum Gasteiger partial charge on any atom is -0.379 e. The fraction of sp³-hybridized carbons (Fsp3) is 0.650. The third kappa shape index (κ3) is 9.02. The molecule has 0 saturated carbocycles. The zero-order chi connectivity index (χ0) is 18.6. The Morgan fingerprint density at radius 1 is 1.26 bits per heavy atom. The number of hydrogen-bond acceptors (Lipinski definition) is 4. The molecule has 5 nitrogen and oxygen atoms in total. The standard InChI is InChI=1S/C20H33N3O2S.HI/c1-4-19-15-23(9-12-26-19)20(21-3)22-14-17-7-6-8-18(13-17)16-25-11-10-24-5-2;/h6-8,13,19H,4-5,9-12,14-16H2,1-3H3,(H,21,22);1H. The summed E-state index contributed by atoms with van der Waals surface area (Å²) in [5.41, 5.74) is 2.44. The maximum Gasteiger partial charge on any atom is 0.193 e. The van der Waals surface area contributed by atoms with Crippen LogP contribution in [-0.2, 0) is 22.6 Å². The average molecular weight is 507 g/mol. The Bertz CT molecular complexity index is 560. The molecule has 1 fully saturated rings. The molecule has 1 N–H and O–H groups in total. The smallest absolute Gasteiger partial charge is 0.193 e. The van der Waals surface area contributed by atoms with Gasteiger partial charge in [0.2, 0.25) is 0 Å². The van der Waals surface area contributed by atoms with Crippen molar-refractivity contribution in [3.8, 4) is 0 Å². The quantitative estimate of drug-likeness (QED) is 0.239. The van der Waals surface area contributed by atoms with Gasteiger partial charge in [0.05, 0.1) is 19.8 Å². The van der Waals surface area contributed by atoms with E-state index >= 15 is 0 Å². The lowest BCUT2D eigenvalue weighted by Crippen LogP contribution is -2.47. The van der Waals surface area contributed by atoms with E-state index in [4.69, 9.17) is 9.47 Å². The highest BCUT2D eigenvalue weighted by Crippen LogP contribution is 2.21. The summed E-state index contributed by atoms with van der Waals surface area (Å²) in [6.07, 6.45) is 1.21. The van der Waals surface area contributed by atoms with E-state index in [1.54, 1.807) is 0 Å². The van der Waals surface area contributed by atoms with Gasteiger partial charge in [-0.3, -0.25) is 4.99 Å². The van der Waals surface area contributed by atoms with E-state index in [1.807, 2.05) is 14.0 Å². The molecular weight excluding hydrogens is 473 g/mol. The van der Waals surface area contributed by atoms with E-state index in [2.05, 4.69) is 58.2 Å². The van der Waals surface area contributed by atoms with Crippen LogP contribution in [-0.4, -0.2) is 61.8 Å². The van der Waals surface area contributed by atoms with Crippen LogP contribution in [0.15, 0.2) is 29.3 Å². The second-order valence-electron chi connectivity index (χ2n) is 6.32. The van der Waals surface area contributed by atoms with Gasteiger partial charge >= 0.3 is 0 Å². The van der Waals surface area contributed by atoms with Crippen LogP contribution in [0.5, 0.6) is 0 Å². The molecule has 1 aromatic rings. The Kier molecular flexibility index (Phi) is 13.2. The number of aliphatic imine (C=N–C) groups is 1. The lowest BCUT2D eigenvalue weighted by Gasteiger charge is -2.34. The van der Waals surface area contributed by atoms with Gasteiger partial charge in [0.1, 0.15) is 0 Å². The number of halogens is 1. The SMILES string of the molecule is CCOCCOCc1cccc(CNC(=NC)N2CCSC(CC)C2)c1.I. The van der Waals surface area contributed by atoms with Crippen LogP contribution in [0.3, 0.4) is 0 Å². The molecule has 0 amide bonds. The van der Waals surface area contributed by atoms with Crippen LogP contribution < -0.4 is 5.32 Å². The van der Waals surface area contributed by atoms with E-state index in [0.29, 0.717) is 25.1 Å². The van der Waals surface area contributed by atoms with Crippen LogP contribution in [0, 0.1) is 0 Å². The molecule has 1 heterocycles. The number of benzene rings is 1. The van der Waals surface area contributed by atoms with Gasteiger partial charge < -0.3 is 19.7 Å². The molecule has 0 spiro atoms. The summed E-state index contributed by atoms with van der Waals surface area (Å²) in [5, 5.41) is 4.22. The van der Waals surface area contributed by atoms with Crippen LogP contribution in [0.2, 0.25) is 0 Å². The van der Waals surface area contributed by atoms with Crippen molar-refractivity contribution in [2.75, 3.05) is 45.7 Å². The fourth-order valence-corrected chi connectivity index (χ4v) is 4.13. The Labute approximate surface area is 185 Å². The average Bonchev–Trinajstić information content (AvgIpc) is 2.69. The first kappa shape index (κ1) is 24.5. The third-order valence-corrected chi connectivity index (χ3v) is 5.76. The van der Waals surface area contributed by atoms with Gasteiger partial charge in [-0.25, -0.2) is 0 Å². The molecule has 2 rings (SSSR count). The largest absolute Gasteiger partial charge is 0.379 e. The van der Waals surface area contributed by atoms with Gasteiger partial charge in [-0.2, -0.15) is 11.8 Å². The fourth-order valence-electron chi connectivity index (χ4n) is 2.95. The molecule has 154 valence electrons. The van der Waals surface area contributed by atoms with Crippen LogP contribution in [0.4, 0.5) is 0 Å². The molecule has 1 aliphatic rings. The first-order valence-corrected chi connectivity index (χ1v) is 10.6. The minimum absolute atomic E-state index is 0. The summed E-state index contributed by atoms with van der Waals surface area (Å²) in [7, 11) is 1.87. The number of rotatable bonds is 9. The van der Waals surface area contributed by atoms with Crippen molar-refractivity contribution in [3.05, 3.63) is 35.4 Å². The second-order valence-corrected chi connectivity index (χ2v) is 7.73. The van der Waals surface area contributed by atoms with Gasteiger partial charge in [0, 0.05) is 44.3 Å². The molecule has 1 aliphatic heterocycles. The number of nitrogens with one attached hydrogen (secondary N) is 1. The molecule has 1 unspecified atom stereocenters. The van der Waals surface area contributed by atoms with Crippen molar-refractivity contribution >= 4 is 41.7 Å². The molecule has 0 aliphatic carbocycles. The predicted octanol–water partition coefficient (Wildman–Crippen LogP) is 3.76. The summed E-state index contributed by atoms with van der Waals surface area (Å²) in [6, 6.07) is 8.53. The van der Waals surface area contributed by atoms with Crippen molar-refractivity contribution in [3.63, 3.8) is 0 Å². The van der Waals surface area contributed by atoms with E-state index in [0.717, 1.165) is 32.2 Å². The Morgan fingerprint density at radius 2 is 2.04 bits per heavy atom. The number of thioether (sulfide) groups is 1. The number of nitrogens with zero attached hydrogens (tertiary/aromatic N) is 2. The first-order valence-electron chi connectivity index (χ1n) is 9.57. The molecule has 0 aromatic heterocycles. The van der Waals surface area contributed by atoms with E-state index in [-0.39, 0.29) is 24.0 Å². The molecule has 1 aromatic carbocycles. The molecule has 1 atom stereocenters. The lowest BCUT2D eigenvalue weighted by atomic mass is 10.1. The van der Waals surface area contributed by atoms with E-state index in [1.165, 1.54) is 23.3 Å². The Balaban J connectivity index is 0.00000364. The Hall–Kier alpha value is -0.510. The molecule has 0 radical (unpaired) electrons. The van der Waals surface area contributed by atoms with Gasteiger partial charge in [-0.1, -0.05) is 31.2 Å².